The molecule has 14 heavy (non-hydrogen) atoms. The summed E-state index contributed by atoms with van der Waals surface area (Å²) >= 11 is 0. The maximum Gasteiger partial charge on any atom is 0.303 e. The minimum atomic E-state index is -0.853. The molecule has 0 rings (SSSR count). The second-order valence-corrected chi connectivity index (χ2v) is 4.11. The maximum absolute atomic E-state index is 11.2. The predicted octanol–water partition coefficient (Wildman–Crippen LogP) is 1.26. The fourth-order valence-electron chi connectivity index (χ4n) is 1.08. The first-order valence-corrected chi connectivity index (χ1v) is 4.90. The van der Waals surface area contributed by atoms with E-state index in [0.29, 0.717) is 18.9 Å². The molecule has 1 amide bonds. The molecule has 0 saturated carbocycles. The van der Waals surface area contributed by atoms with Crippen molar-refractivity contribution in [1.82, 2.24) is 5.32 Å². The van der Waals surface area contributed by atoms with E-state index in [1.54, 1.807) is 6.92 Å². The van der Waals surface area contributed by atoms with Crippen LogP contribution in [0, 0.1) is 11.8 Å². The number of hydrogen-bond acceptors (Lipinski definition) is 2. The number of carbonyl (C=O) groups is 2. The molecular formula is C10H19NO3. The van der Waals surface area contributed by atoms with Gasteiger partial charge in [0.05, 0.1) is 0 Å². The number of aliphatic carboxylic acids is 1. The number of amides is 1. The van der Waals surface area contributed by atoms with Gasteiger partial charge in [0.25, 0.3) is 0 Å². The number of hydrogen-bond donors (Lipinski definition) is 2. The van der Waals surface area contributed by atoms with Crippen LogP contribution in [0.2, 0.25) is 0 Å². The van der Waals surface area contributed by atoms with Gasteiger partial charge in [-0.3, -0.25) is 9.59 Å². The van der Waals surface area contributed by atoms with Crippen LogP contribution in [0.4, 0.5) is 0 Å². The molecule has 0 aliphatic carbocycles. The van der Waals surface area contributed by atoms with Crippen LogP contribution in [0.5, 0.6) is 0 Å². The Morgan fingerprint density at radius 2 is 1.79 bits per heavy atom. The van der Waals surface area contributed by atoms with E-state index >= 15 is 0 Å². The quantitative estimate of drug-likeness (QED) is 0.680. The maximum atomic E-state index is 11.2. The first-order valence-electron chi connectivity index (χ1n) is 4.90. The van der Waals surface area contributed by atoms with Gasteiger partial charge in [0.1, 0.15) is 0 Å². The molecule has 0 heterocycles. The van der Waals surface area contributed by atoms with Gasteiger partial charge >= 0.3 is 5.97 Å². The van der Waals surface area contributed by atoms with Crippen molar-refractivity contribution in [3.8, 4) is 0 Å². The molecule has 0 fully saturated rings. The normalized spacial score (nSPS) is 12.6. The van der Waals surface area contributed by atoms with Crippen LogP contribution in [0.15, 0.2) is 0 Å². The molecule has 0 aromatic heterocycles. The van der Waals surface area contributed by atoms with Gasteiger partial charge in [0.15, 0.2) is 0 Å². The zero-order chi connectivity index (χ0) is 11.1. The van der Waals surface area contributed by atoms with Crippen LogP contribution in [0.3, 0.4) is 0 Å². The average molecular weight is 201 g/mol. The first kappa shape index (κ1) is 12.9. The summed E-state index contributed by atoms with van der Waals surface area (Å²) in [5.74, 6) is -0.588. The van der Waals surface area contributed by atoms with Gasteiger partial charge in [-0.05, 0) is 11.8 Å². The van der Waals surface area contributed by atoms with Crippen molar-refractivity contribution >= 4 is 11.9 Å². The highest BCUT2D eigenvalue weighted by Gasteiger charge is 2.12. The van der Waals surface area contributed by atoms with Crippen LogP contribution in [-0.2, 0) is 9.59 Å². The lowest BCUT2D eigenvalue weighted by Crippen LogP contribution is -2.28. The van der Waals surface area contributed by atoms with E-state index in [1.165, 1.54) is 0 Å². The van der Waals surface area contributed by atoms with E-state index in [2.05, 4.69) is 5.32 Å². The third-order valence-corrected chi connectivity index (χ3v) is 1.76. The van der Waals surface area contributed by atoms with Crippen molar-refractivity contribution in [2.24, 2.45) is 11.8 Å². The van der Waals surface area contributed by atoms with E-state index < -0.39 is 5.97 Å². The lowest BCUT2D eigenvalue weighted by Gasteiger charge is -2.10. The molecule has 0 bridgehead atoms. The minimum absolute atomic E-state index is 0.0507. The summed E-state index contributed by atoms with van der Waals surface area (Å²) in [7, 11) is 0. The van der Waals surface area contributed by atoms with E-state index in [9.17, 15) is 9.59 Å². The van der Waals surface area contributed by atoms with Crippen LogP contribution in [0.25, 0.3) is 0 Å². The molecule has 0 radical (unpaired) electrons. The Bertz CT molecular complexity index is 202. The van der Waals surface area contributed by atoms with E-state index in [1.807, 2.05) is 13.8 Å². The SMILES string of the molecule is CC(C)CNC(=O)CC(C)CC(=O)O. The summed E-state index contributed by atoms with van der Waals surface area (Å²) in [6.45, 7) is 6.45. The molecule has 0 aliphatic rings. The number of carboxylic acids is 1. The average Bonchev–Trinajstić information content (AvgIpc) is 1.98. The first-order chi connectivity index (χ1) is 6.41. The van der Waals surface area contributed by atoms with Gasteiger partial charge in [0, 0.05) is 19.4 Å². The Labute approximate surface area is 84.7 Å². The summed E-state index contributed by atoms with van der Waals surface area (Å²) < 4.78 is 0. The lowest BCUT2D eigenvalue weighted by atomic mass is 10.0. The molecule has 82 valence electrons. The molecule has 0 aromatic carbocycles. The molecule has 4 nitrogen and oxygen atoms in total. The van der Waals surface area contributed by atoms with Gasteiger partial charge in [-0.25, -0.2) is 0 Å². The Morgan fingerprint density at radius 3 is 2.21 bits per heavy atom. The minimum Gasteiger partial charge on any atom is -0.481 e. The highest BCUT2D eigenvalue weighted by molar-refractivity contribution is 5.77. The van der Waals surface area contributed by atoms with Crippen molar-refractivity contribution < 1.29 is 14.7 Å². The molecule has 1 unspecified atom stereocenters. The fraction of sp³-hybridized carbons (Fsp3) is 0.800. The van der Waals surface area contributed by atoms with E-state index in [0.717, 1.165) is 0 Å². The summed E-state index contributed by atoms with van der Waals surface area (Å²) in [5, 5.41) is 11.2. The number of carbonyl (C=O) groups excluding carboxylic acids is 1. The largest absolute Gasteiger partial charge is 0.481 e. The smallest absolute Gasteiger partial charge is 0.303 e. The summed E-state index contributed by atoms with van der Waals surface area (Å²) in [6, 6.07) is 0. The standard InChI is InChI=1S/C10H19NO3/c1-7(2)6-11-9(12)4-8(3)5-10(13)14/h7-8H,4-6H2,1-3H3,(H,11,12)(H,13,14). The molecule has 0 saturated heterocycles. The molecule has 0 aromatic rings. The topological polar surface area (TPSA) is 66.4 Å². The number of nitrogens with one attached hydrogen (secondary N) is 1. The molecule has 0 aliphatic heterocycles. The van der Waals surface area contributed by atoms with E-state index in [-0.39, 0.29) is 18.2 Å². The third kappa shape index (κ3) is 7.58. The fourth-order valence-corrected chi connectivity index (χ4v) is 1.08. The Morgan fingerprint density at radius 1 is 1.21 bits per heavy atom. The molecule has 4 heteroatoms. The zero-order valence-electron chi connectivity index (χ0n) is 9.04. The Hall–Kier alpha value is -1.06. The van der Waals surface area contributed by atoms with Gasteiger partial charge in [-0.15, -0.1) is 0 Å². The Balaban J connectivity index is 3.66. The zero-order valence-corrected chi connectivity index (χ0v) is 9.04. The van der Waals surface area contributed by atoms with Gasteiger partial charge in [-0.2, -0.15) is 0 Å². The third-order valence-electron chi connectivity index (χ3n) is 1.76. The summed E-state index contributed by atoms with van der Waals surface area (Å²) in [4.78, 5) is 21.6. The van der Waals surface area contributed by atoms with Crippen LogP contribution in [0.1, 0.15) is 33.6 Å². The predicted molar refractivity (Wildman–Crippen MR) is 53.9 cm³/mol. The monoisotopic (exact) mass is 201 g/mol. The van der Waals surface area contributed by atoms with Crippen molar-refractivity contribution in [3.05, 3.63) is 0 Å². The van der Waals surface area contributed by atoms with Crippen molar-refractivity contribution in [2.75, 3.05) is 6.54 Å². The Kier molecular flexibility index (Phi) is 5.92. The van der Waals surface area contributed by atoms with Crippen molar-refractivity contribution in [3.63, 3.8) is 0 Å². The van der Waals surface area contributed by atoms with Crippen LogP contribution < -0.4 is 5.32 Å². The van der Waals surface area contributed by atoms with Crippen LogP contribution in [-0.4, -0.2) is 23.5 Å². The molecule has 1 atom stereocenters. The molecule has 0 spiro atoms. The van der Waals surface area contributed by atoms with Gasteiger partial charge < -0.3 is 10.4 Å². The number of rotatable bonds is 6. The highest BCUT2D eigenvalue weighted by atomic mass is 16.4. The molecular weight excluding hydrogens is 182 g/mol. The summed E-state index contributed by atoms with van der Waals surface area (Å²) in [5.41, 5.74) is 0. The molecule has 2 N–H and O–H groups in total. The van der Waals surface area contributed by atoms with Crippen molar-refractivity contribution in [2.45, 2.75) is 33.6 Å². The van der Waals surface area contributed by atoms with Gasteiger partial charge in [-0.1, -0.05) is 20.8 Å². The summed E-state index contributed by atoms with van der Waals surface area (Å²) in [6.07, 6.45) is 0.341. The number of carboxylic acid groups (broad SMARTS) is 1. The van der Waals surface area contributed by atoms with Crippen molar-refractivity contribution in [1.29, 1.82) is 0 Å². The second-order valence-electron chi connectivity index (χ2n) is 4.11. The second kappa shape index (κ2) is 6.40. The van der Waals surface area contributed by atoms with E-state index in [4.69, 9.17) is 5.11 Å². The van der Waals surface area contributed by atoms with Gasteiger partial charge in [0.2, 0.25) is 5.91 Å². The lowest BCUT2D eigenvalue weighted by molar-refractivity contribution is -0.138. The highest BCUT2D eigenvalue weighted by Crippen LogP contribution is 2.06. The van der Waals surface area contributed by atoms with Crippen LogP contribution >= 0.6 is 0 Å².